The van der Waals surface area contributed by atoms with Gasteiger partial charge in [-0.05, 0) is 25.7 Å². The van der Waals surface area contributed by atoms with Crippen molar-refractivity contribution in [3.63, 3.8) is 0 Å². The van der Waals surface area contributed by atoms with E-state index in [1.807, 2.05) is 0 Å². The molecule has 0 aromatic heterocycles. The van der Waals surface area contributed by atoms with E-state index in [2.05, 4.69) is 6.92 Å². The van der Waals surface area contributed by atoms with Crippen LogP contribution in [0.25, 0.3) is 0 Å². The van der Waals surface area contributed by atoms with Gasteiger partial charge in [0.2, 0.25) is 0 Å². The number of rotatable bonds is 11. The van der Waals surface area contributed by atoms with Crippen LogP contribution in [0.5, 0.6) is 0 Å². The molecule has 0 fully saturated rings. The zero-order chi connectivity index (χ0) is 10.5. The largest absolute Gasteiger partial charge is 0.381 e. The smallest absolute Gasteiger partial charge is 0.0487 e. The molecule has 0 bridgehead atoms. The van der Waals surface area contributed by atoms with E-state index in [1.165, 1.54) is 12.8 Å². The number of ether oxygens (including phenoxy) is 2. The van der Waals surface area contributed by atoms with E-state index in [0.717, 1.165) is 51.4 Å². The van der Waals surface area contributed by atoms with Crippen LogP contribution in [-0.2, 0) is 9.47 Å². The average molecular weight is 219 g/mol. The van der Waals surface area contributed by atoms with Crippen molar-refractivity contribution in [1.82, 2.24) is 0 Å². The Morgan fingerprint density at radius 1 is 0.786 bits per heavy atom. The first-order valence-electron chi connectivity index (χ1n) is 5.65. The number of hydrogen-bond donors (Lipinski definition) is 0. The van der Waals surface area contributed by atoms with Gasteiger partial charge >= 0.3 is 0 Å². The Morgan fingerprint density at radius 3 is 1.93 bits per heavy atom. The molecule has 0 spiro atoms. The first kappa shape index (κ1) is 14.3. The first-order valence-corrected chi connectivity index (χ1v) is 6.23. The Kier molecular flexibility index (Phi) is 13.5. The van der Waals surface area contributed by atoms with E-state index in [0.29, 0.717) is 0 Å². The molecule has 0 saturated heterocycles. The Hall–Kier alpha value is 0.270. The molecule has 0 atom stereocenters. The second-order valence-electron chi connectivity index (χ2n) is 3.34. The Bertz CT molecular complexity index is 87.3. The Balaban J connectivity index is 2.78. The molecule has 3 heteroatoms. The lowest BCUT2D eigenvalue weighted by Crippen LogP contribution is -2.03. The highest BCUT2D eigenvalue weighted by Gasteiger charge is 1.90. The Labute approximate surface area is 93.8 Å². The molecule has 0 saturated carbocycles. The van der Waals surface area contributed by atoms with Gasteiger partial charge in [-0.3, -0.25) is 0 Å². The molecule has 0 aromatic carbocycles. The number of hydrogen-bond acceptors (Lipinski definition) is 2. The van der Waals surface area contributed by atoms with E-state index in [4.69, 9.17) is 22.1 Å². The van der Waals surface area contributed by atoms with Crippen LogP contribution in [0.1, 0.15) is 39.0 Å². The van der Waals surface area contributed by atoms with Crippen LogP contribution in [0.15, 0.2) is 0 Å². The fourth-order valence-corrected chi connectivity index (χ4v) is 1.22. The van der Waals surface area contributed by atoms with Gasteiger partial charge in [0.15, 0.2) is 0 Å². The number of unbranched alkanes of at least 4 members (excludes halogenated alkanes) is 2. The summed E-state index contributed by atoms with van der Waals surface area (Å²) in [5.74, 6) is 0.851. The molecule has 2 nitrogen and oxygen atoms in total. The van der Waals surface area contributed by atoms with Gasteiger partial charge in [-0.25, -0.2) is 0 Å². The monoisotopic (exact) mass is 219 g/mol. The average Bonchev–Trinajstić information content (AvgIpc) is 2.21. The lowest BCUT2D eigenvalue weighted by Gasteiger charge is -2.04. The summed E-state index contributed by atoms with van der Waals surface area (Å²) >= 11 is 4.84. The van der Waals surface area contributed by atoms with Crippen molar-refractivity contribution in [3.05, 3.63) is 0 Å². The maximum atomic E-state index is 5.42. The van der Waals surface area contributed by atoms with Crippen LogP contribution in [0.4, 0.5) is 0 Å². The van der Waals surface area contributed by atoms with Crippen molar-refractivity contribution < 1.29 is 9.47 Å². The van der Waals surface area contributed by atoms with Gasteiger partial charge in [0.05, 0.1) is 0 Å². The molecule has 0 aliphatic rings. The summed E-state index contributed by atoms with van der Waals surface area (Å²) in [6.07, 6.45) is 5.58. The van der Waals surface area contributed by atoms with Crippen molar-refractivity contribution in [3.8, 4) is 0 Å². The second kappa shape index (κ2) is 13.3. The van der Waals surface area contributed by atoms with E-state index in [-0.39, 0.29) is 0 Å². The molecule has 0 aromatic rings. The molecule has 0 aliphatic carbocycles. The van der Waals surface area contributed by atoms with Crippen LogP contribution in [0, 0.1) is 0 Å². The molecule has 0 rings (SSSR count). The third-order valence-corrected chi connectivity index (χ3v) is 2.19. The summed E-state index contributed by atoms with van der Waals surface area (Å²) < 4.78 is 10.8. The van der Waals surface area contributed by atoms with Gasteiger partial charge in [-0.2, -0.15) is 0 Å². The minimum atomic E-state index is 0.823. The van der Waals surface area contributed by atoms with E-state index in [1.54, 1.807) is 0 Å². The standard InChI is InChI=1S/C11H23O2S/c1-2-3-7-12-9-6-10-13-8-4-5-11-14/h2-11H2,1H3. The van der Waals surface area contributed by atoms with Gasteiger partial charge < -0.3 is 9.47 Å². The van der Waals surface area contributed by atoms with Gasteiger partial charge in [0.1, 0.15) is 0 Å². The summed E-state index contributed by atoms with van der Waals surface area (Å²) in [7, 11) is 0. The quantitative estimate of drug-likeness (QED) is 0.497. The first-order chi connectivity index (χ1) is 6.91. The summed E-state index contributed by atoms with van der Waals surface area (Å²) in [5.41, 5.74) is 0. The molecule has 0 aliphatic heterocycles. The third-order valence-electron chi connectivity index (χ3n) is 1.90. The molecule has 1 radical (unpaired) electrons. The van der Waals surface area contributed by atoms with Crippen LogP contribution < -0.4 is 0 Å². The Morgan fingerprint density at radius 2 is 1.36 bits per heavy atom. The molecule has 14 heavy (non-hydrogen) atoms. The highest BCUT2D eigenvalue weighted by molar-refractivity contribution is 7.80. The normalized spacial score (nSPS) is 10.7. The molecule has 0 heterocycles. The highest BCUT2D eigenvalue weighted by atomic mass is 32.1. The molecular weight excluding hydrogens is 196 g/mol. The molecule has 0 N–H and O–H groups in total. The maximum absolute atomic E-state index is 5.42. The van der Waals surface area contributed by atoms with E-state index >= 15 is 0 Å². The summed E-state index contributed by atoms with van der Waals surface area (Å²) in [6.45, 7) is 5.58. The van der Waals surface area contributed by atoms with Gasteiger partial charge in [0.25, 0.3) is 0 Å². The van der Waals surface area contributed by atoms with Crippen molar-refractivity contribution >= 4 is 12.6 Å². The minimum Gasteiger partial charge on any atom is -0.381 e. The third kappa shape index (κ3) is 12.3. The maximum Gasteiger partial charge on any atom is 0.0487 e. The van der Waals surface area contributed by atoms with Crippen molar-refractivity contribution in [1.29, 1.82) is 0 Å². The summed E-state index contributed by atoms with van der Waals surface area (Å²) in [4.78, 5) is 0. The van der Waals surface area contributed by atoms with Gasteiger partial charge in [-0.15, -0.1) is 0 Å². The molecule has 85 valence electrons. The van der Waals surface area contributed by atoms with Gasteiger partial charge in [-0.1, -0.05) is 26.0 Å². The van der Waals surface area contributed by atoms with Crippen LogP contribution in [-0.4, -0.2) is 32.2 Å². The zero-order valence-electron chi connectivity index (χ0n) is 9.30. The summed E-state index contributed by atoms with van der Waals surface area (Å²) in [6, 6.07) is 0. The second-order valence-corrected chi connectivity index (χ2v) is 3.75. The highest BCUT2D eigenvalue weighted by Crippen LogP contribution is 1.94. The van der Waals surface area contributed by atoms with Crippen molar-refractivity contribution in [2.75, 3.05) is 32.2 Å². The molecule has 0 unspecified atom stereocenters. The predicted octanol–water partition coefficient (Wildman–Crippen LogP) is 3.19. The topological polar surface area (TPSA) is 18.5 Å². The van der Waals surface area contributed by atoms with E-state index < -0.39 is 0 Å². The fraction of sp³-hybridized carbons (Fsp3) is 1.00. The van der Waals surface area contributed by atoms with Crippen LogP contribution >= 0.6 is 12.6 Å². The zero-order valence-corrected chi connectivity index (χ0v) is 10.1. The lowest BCUT2D eigenvalue weighted by atomic mass is 10.3. The summed E-state index contributed by atoms with van der Waals surface area (Å²) in [5, 5.41) is 0. The van der Waals surface area contributed by atoms with E-state index in [9.17, 15) is 0 Å². The fourth-order valence-electron chi connectivity index (χ4n) is 1.02. The predicted molar refractivity (Wildman–Crippen MR) is 62.9 cm³/mol. The SMILES string of the molecule is CCCCOCCCOCCCC[S]. The lowest BCUT2D eigenvalue weighted by molar-refractivity contribution is 0.0806. The molecule has 0 amide bonds. The van der Waals surface area contributed by atoms with Gasteiger partial charge in [0, 0.05) is 32.2 Å². The van der Waals surface area contributed by atoms with Crippen molar-refractivity contribution in [2.45, 2.75) is 39.0 Å². The van der Waals surface area contributed by atoms with Crippen LogP contribution in [0.2, 0.25) is 0 Å². The van der Waals surface area contributed by atoms with Crippen molar-refractivity contribution in [2.24, 2.45) is 0 Å². The molecular formula is C11H23O2S. The van der Waals surface area contributed by atoms with Crippen LogP contribution in [0.3, 0.4) is 0 Å². The minimum absolute atomic E-state index is 0.823.